The van der Waals surface area contributed by atoms with Crippen molar-refractivity contribution in [2.45, 2.75) is 64.7 Å². The van der Waals surface area contributed by atoms with Crippen LogP contribution in [0.2, 0.25) is 0 Å². The van der Waals surface area contributed by atoms with Gasteiger partial charge in [0.2, 0.25) is 5.91 Å². The number of nitrogens with zero attached hydrogens (tertiary/aromatic N) is 1. The molecule has 0 bridgehead atoms. The first-order valence-electron chi connectivity index (χ1n) is 10.0. The molecular formula is C19H32N2O7. The molecular weight excluding hydrogens is 368 g/mol. The third-order valence-electron chi connectivity index (χ3n) is 4.10. The predicted octanol–water partition coefficient (Wildman–Crippen LogP) is 1.49. The lowest BCUT2D eigenvalue weighted by Crippen LogP contribution is -2.32. The molecule has 1 rings (SSSR count). The van der Waals surface area contributed by atoms with Crippen LogP contribution in [0.1, 0.15) is 64.7 Å². The Morgan fingerprint density at radius 2 is 1.54 bits per heavy atom. The van der Waals surface area contributed by atoms with Gasteiger partial charge in [-0.1, -0.05) is 32.6 Å². The standard InChI is InChI=1S/C19H32N2O7/c1-2-3-4-5-6-7-16(22)20-11-13-27-15-14-26-12-10-19(25)28-21-17(23)8-9-18(21)24/h2-15H2,1H3,(H,20,22). The molecule has 1 N–H and O–H groups in total. The van der Waals surface area contributed by atoms with E-state index in [1.165, 1.54) is 19.3 Å². The summed E-state index contributed by atoms with van der Waals surface area (Å²) >= 11 is 0. The highest BCUT2D eigenvalue weighted by atomic mass is 16.7. The lowest BCUT2D eigenvalue weighted by Gasteiger charge is -2.12. The molecule has 1 heterocycles. The Bertz CT molecular complexity index is 495. The fraction of sp³-hybridized carbons (Fsp3) is 0.789. The largest absolute Gasteiger partial charge is 0.378 e. The van der Waals surface area contributed by atoms with Crippen LogP contribution >= 0.6 is 0 Å². The number of hydrogen-bond acceptors (Lipinski definition) is 7. The smallest absolute Gasteiger partial charge is 0.335 e. The Kier molecular flexibility index (Phi) is 12.9. The maximum atomic E-state index is 11.6. The zero-order valence-electron chi connectivity index (χ0n) is 16.7. The molecule has 1 fully saturated rings. The summed E-state index contributed by atoms with van der Waals surface area (Å²) in [6.45, 7) is 3.75. The van der Waals surface area contributed by atoms with Crippen molar-refractivity contribution in [3.05, 3.63) is 0 Å². The van der Waals surface area contributed by atoms with Gasteiger partial charge in [-0.05, 0) is 6.42 Å². The third-order valence-corrected chi connectivity index (χ3v) is 4.10. The molecule has 28 heavy (non-hydrogen) atoms. The van der Waals surface area contributed by atoms with E-state index in [0.29, 0.717) is 37.8 Å². The summed E-state index contributed by atoms with van der Waals surface area (Å²) < 4.78 is 10.6. The summed E-state index contributed by atoms with van der Waals surface area (Å²) in [5, 5.41) is 3.33. The maximum Gasteiger partial charge on any atom is 0.335 e. The fourth-order valence-corrected chi connectivity index (χ4v) is 2.52. The van der Waals surface area contributed by atoms with Crippen LogP contribution in [0.5, 0.6) is 0 Å². The molecule has 3 amide bonds. The van der Waals surface area contributed by atoms with Gasteiger partial charge in [-0.3, -0.25) is 14.4 Å². The van der Waals surface area contributed by atoms with Crippen LogP contribution < -0.4 is 5.32 Å². The molecule has 1 aliphatic heterocycles. The van der Waals surface area contributed by atoms with Gasteiger partial charge in [-0.15, -0.1) is 5.06 Å². The van der Waals surface area contributed by atoms with Crippen LogP contribution in [0.3, 0.4) is 0 Å². The average molecular weight is 400 g/mol. The lowest BCUT2D eigenvalue weighted by molar-refractivity contribution is -0.198. The Morgan fingerprint density at radius 1 is 0.893 bits per heavy atom. The van der Waals surface area contributed by atoms with E-state index in [1.54, 1.807) is 0 Å². The molecule has 1 saturated heterocycles. The summed E-state index contributed by atoms with van der Waals surface area (Å²) in [6.07, 6.45) is 6.23. The molecule has 0 spiro atoms. The fourth-order valence-electron chi connectivity index (χ4n) is 2.52. The van der Waals surface area contributed by atoms with E-state index >= 15 is 0 Å². The van der Waals surface area contributed by atoms with Crippen LogP contribution in [-0.2, 0) is 33.5 Å². The first kappa shape index (κ1) is 24.0. The number of rotatable bonds is 16. The van der Waals surface area contributed by atoms with Crippen LogP contribution in [-0.4, -0.2) is 61.7 Å². The van der Waals surface area contributed by atoms with Crippen molar-refractivity contribution in [3.63, 3.8) is 0 Å². The van der Waals surface area contributed by atoms with E-state index in [0.717, 1.165) is 12.8 Å². The Hall–Kier alpha value is -2.00. The minimum Gasteiger partial charge on any atom is -0.378 e. The van der Waals surface area contributed by atoms with Gasteiger partial charge < -0.3 is 19.6 Å². The number of hydroxylamine groups is 2. The third kappa shape index (κ3) is 11.0. The molecule has 0 aromatic heterocycles. The SMILES string of the molecule is CCCCCCCC(=O)NCCOCCOCCC(=O)ON1C(=O)CCC1=O. The van der Waals surface area contributed by atoms with Gasteiger partial charge >= 0.3 is 5.97 Å². The van der Waals surface area contributed by atoms with Gasteiger partial charge in [-0.2, -0.15) is 0 Å². The first-order chi connectivity index (χ1) is 13.5. The van der Waals surface area contributed by atoms with Crippen molar-refractivity contribution in [2.75, 3.05) is 33.0 Å². The Labute approximate surface area is 166 Å². The van der Waals surface area contributed by atoms with Crippen molar-refractivity contribution in [3.8, 4) is 0 Å². The number of imide groups is 1. The highest BCUT2D eigenvalue weighted by Crippen LogP contribution is 2.12. The van der Waals surface area contributed by atoms with E-state index in [9.17, 15) is 19.2 Å². The van der Waals surface area contributed by atoms with E-state index in [4.69, 9.17) is 14.3 Å². The summed E-state index contributed by atoms with van der Waals surface area (Å²) in [5.74, 6) is -1.65. The summed E-state index contributed by atoms with van der Waals surface area (Å²) in [6, 6.07) is 0. The molecule has 0 saturated carbocycles. The van der Waals surface area contributed by atoms with Crippen LogP contribution in [0, 0.1) is 0 Å². The summed E-state index contributed by atoms with van der Waals surface area (Å²) in [5.41, 5.74) is 0. The van der Waals surface area contributed by atoms with E-state index in [1.807, 2.05) is 0 Å². The van der Waals surface area contributed by atoms with Gasteiger partial charge in [0.15, 0.2) is 0 Å². The monoisotopic (exact) mass is 400 g/mol. The number of hydrogen-bond donors (Lipinski definition) is 1. The highest BCUT2D eigenvalue weighted by molar-refractivity contribution is 6.01. The summed E-state index contributed by atoms with van der Waals surface area (Å²) in [7, 11) is 0. The van der Waals surface area contributed by atoms with Crippen molar-refractivity contribution in [2.24, 2.45) is 0 Å². The maximum absolute atomic E-state index is 11.6. The van der Waals surface area contributed by atoms with E-state index in [-0.39, 0.29) is 31.8 Å². The molecule has 0 radical (unpaired) electrons. The van der Waals surface area contributed by atoms with Crippen molar-refractivity contribution in [1.29, 1.82) is 0 Å². The van der Waals surface area contributed by atoms with Crippen LogP contribution in [0.25, 0.3) is 0 Å². The molecule has 0 aliphatic carbocycles. The van der Waals surface area contributed by atoms with Crippen molar-refractivity contribution in [1.82, 2.24) is 10.4 Å². The van der Waals surface area contributed by atoms with Crippen LogP contribution in [0.4, 0.5) is 0 Å². The lowest BCUT2D eigenvalue weighted by atomic mass is 10.1. The van der Waals surface area contributed by atoms with Crippen molar-refractivity contribution >= 4 is 23.7 Å². The molecule has 9 heteroatoms. The zero-order chi connectivity index (χ0) is 20.6. The minimum absolute atomic E-state index is 0.0461. The van der Waals surface area contributed by atoms with Gasteiger partial charge in [0.1, 0.15) is 0 Å². The zero-order valence-corrected chi connectivity index (χ0v) is 16.7. The van der Waals surface area contributed by atoms with Gasteiger partial charge in [0, 0.05) is 25.8 Å². The number of nitrogens with one attached hydrogen (secondary N) is 1. The van der Waals surface area contributed by atoms with Gasteiger partial charge in [0.25, 0.3) is 11.8 Å². The molecule has 0 atom stereocenters. The second kappa shape index (κ2) is 15.0. The first-order valence-corrected chi connectivity index (χ1v) is 10.0. The normalized spacial score (nSPS) is 13.8. The van der Waals surface area contributed by atoms with E-state index in [2.05, 4.69) is 12.2 Å². The average Bonchev–Trinajstić information content (AvgIpc) is 2.98. The number of carbonyl (C=O) groups excluding carboxylic acids is 4. The molecule has 0 aromatic carbocycles. The van der Waals surface area contributed by atoms with Gasteiger partial charge in [-0.25, -0.2) is 4.79 Å². The number of unbranched alkanes of at least 4 members (excludes halogenated alkanes) is 4. The quantitative estimate of drug-likeness (QED) is 0.309. The van der Waals surface area contributed by atoms with Gasteiger partial charge in [0.05, 0.1) is 32.8 Å². The Balaban J connectivity index is 1.87. The number of amides is 3. The molecule has 1 aliphatic rings. The second-order valence-corrected chi connectivity index (χ2v) is 6.53. The minimum atomic E-state index is -0.693. The summed E-state index contributed by atoms with van der Waals surface area (Å²) in [4.78, 5) is 50.5. The molecule has 0 aromatic rings. The number of ether oxygens (including phenoxy) is 2. The molecule has 0 unspecified atom stereocenters. The molecule has 160 valence electrons. The van der Waals surface area contributed by atoms with Crippen LogP contribution in [0.15, 0.2) is 0 Å². The van der Waals surface area contributed by atoms with Crippen molar-refractivity contribution < 1.29 is 33.5 Å². The number of carbonyl (C=O) groups is 4. The van der Waals surface area contributed by atoms with E-state index < -0.39 is 17.8 Å². The highest BCUT2D eigenvalue weighted by Gasteiger charge is 2.32. The second-order valence-electron chi connectivity index (χ2n) is 6.53. The topological polar surface area (TPSA) is 111 Å². The predicted molar refractivity (Wildman–Crippen MR) is 99.8 cm³/mol. The Morgan fingerprint density at radius 3 is 2.21 bits per heavy atom. The molecule has 9 nitrogen and oxygen atoms in total.